The van der Waals surface area contributed by atoms with Gasteiger partial charge in [0.15, 0.2) is 0 Å². The van der Waals surface area contributed by atoms with Crippen LogP contribution in [0.3, 0.4) is 0 Å². The van der Waals surface area contributed by atoms with E-state index in [2.05, 4.69) is 53.0 Å². The zero-order valence-corrected chi connectivity index (χ0v) is 12.8. The lowest BCUT2D eigenvalue weighted by Gasteiger charge is -2.21. The van der Waals surface area contributed by atoms with Gasteiger partial charge in [0.25, 0.3) is 0 Å². The molecule has 1 N–H and O–H groups in total. The number of aromatic nitrogens is 1. The fraction of sp³-hybridized carbons (Fsp3) is 0.400. The molecule has 0 spiro atoms. The van der Waals surface area contributed by atoms with E-state index in [1.54, 1.807) is 0 Å². The van der Waals surface area contributed by atoms with Crippen LogP contribution in [0.15, 0.2) is 18.2 Å². The Hall–Kier alpha value is -0.840. The van der Waals surface area contributed by atoms with Crippen LogP contribution in [0.2, 0.25) is 0 Å². The van der Waals surface area contributed by atoms with Gasteiger partial charge in [-0.15, -0.1) is 0 Å². The van der Waals surface area contributed by atoms with Crippen molar-refractivity contribution in [2.24, 2.45) is 0 Å². The number of hydrogen-bond donors (Lipinski definition) is 1. The molecule has 1 aliphatic rings. The average Bonchev–Trinajstić information content (AvgIpc) is 2.40. The van der Waals surface area contributed by atoms with Gasteiger partial charge >= 0.3 is 0 Å². The Bertz CT molecular complexity index is 593. The van der Waals surface area contributed by atoms with Gasteiger partial charge in [-0.1, -0.05) is 12.1 Å². The molecule has 0 amide bonds. The van der Waals surface area contributed by atoms with Crippen LogP contribution in [0.1, 0.15) is 31.0 Å². The van der Waals surface area contributed by atoms with Gasteiger partial charge in [-0.25, -0.2) is 0 Å². The van der Waals surface area contributed by atoms with Crippen molar-refractivity contribution < 1.29 is 0 Å². The Morgan fingerprint density at radius 3 is 2.94 bits per heavy atom. The van der Waals surface area contributed by atoms with Crippen molar-refractivity contribution in [2.75, 3.05) is 11.9 Å². The van der Waals surface area contributed by atoms with Crippen LogP contribution in [0.4, 0.5) is 5.69 Å². The molecule has 1 aromatic carbocycles. The van der Waals surface area contributed by atoms with E-state index in [9.17, 15) is 0 Å². The summed E-state index contributed by atoms with van der Waals surface area (Å²) in [5.74, 6) is 0. The summed E-state index contributed by atoms with van der Waals surface area (Å²) >= 11 is 2.39. The maximum atomic E-state index is 4.91. The van der Waals surface area contributed by atoms with E-state index in [1.165, 1.54) is 45.2 Å². The highest BCUT2D eigenvalue weighted by Crippen LogP contribution is 2.34. The standard InChI is InChI=1S/C15H17IN2/c1-2-17-14-10-6-3-4-9-13(10)18-15-11(14)7-5-8-12(15)16/h5,7-8H,2-4,6,9H2,1H3,(H,17,18). The molecule has 2 aromatic rings. The third kappa shape index (κ3) is 1.98. The van der Waals surface area contributed by atoms with Crippen molar-refractivity contribution in [3.63, 3.8) is 0 Å². The molecule has 94 valence electrons. The molecule has 18 heavy (non-hydrogen) atoms. The molecule has 0 bridgehead atoms. The molecule has 0 atom stereocenters. The van der Waals surface area contributed by atoms with Crippen molar-refractivity contribution in [2.45, 2.75) is 32.6 Å². The second-order valence-electron chi connectivity index (χ2n) is 4.79. The molecule has 1 heterocycles. The van der Waals surface area contributed by atoms with Crippen LogP contribution in [0.25, 0.3) is 10.9 Å². The summed E-state index contributed by atoms with van der Waals surface area (Å²) in [5, 5.41) is 4.84. The SMILES string of the molecule is CCNc1c2c(nc3c(I)cccc13)CCCC2. The first kappa shape index (κ1) is 12.2. The van der Waals surface area contributed by atoms with Gasteiger partial charge in [-0.05, 0) is 66.8 Å². The molecule has 2 nitrogen and oxygen atoms in total. The fourth-order valence-electron chi connectivity index (χ4n) is 2.79. The van der Waals surface area contributed by atoms with Crippen molar-refractivity contribution in [1.29, 1.82) is 0 Å². The lowest BCUT2D eigenvalue weighted by molar-refractivity contribution is 0.672. The summed E-state index contributed by atoms with van der Waals surface area (Å²) in [4.78, 5) is 4.91. The van der Waals surface area contributed by atoms with E-state index in [4.69, 9.17) is 4.98 Å². The highest BCUT2D eigenvalue weighted by molar-refractivity contribution is 14.1. The zero-order chi connectivity index (χ0) is 12.5. The Morgan fingerprint density at radius 1 is 1.28 bits per heavy atom. The molecule has 1 aliphatic carbocycles. The second kappa shape index (κ2) is 5.03. The largest absolute Gasteiger partial charge is 0.384 e. The number of anilines is 1. The molecule has 0 saturated heterocycles. The fourth-order valence-corrected chi connectivity index (χ4v) is 3.41. The van der Waals surface area contributed by atoms with Gasteiger partial charge in [0.1, 0.15) is 0 Å². The van der Waals surface area contributed by atoms with Crippen LogP contribution in [0, 0.1) is 3.57 Å². The van der Waals surface area contributed by atoms with E-state index in [-0.39, 0.29) is 0 Å². The zero-order valence-electron chi connectivity index (χ0n) is 10.6. The smallest absolute Gasteiger partial charge is 0.0859 e. The number of hydrogen-bond acceptors (Lipinski definition) is 2. The van der Waals surface area contributed by atoms with Gasteiger partial charge < -0.3 is 5.32 Å². The van der Waals surface area contributed by atoms with Gasteiger partial charge in [-0.2, -0.15) is 0 Å². The molecule has 0 saturated carbocycles. The minimum Gasteiger partial charge on any atom is -0.384 e. The Balaban J connectivity index is 2.33. The summed E-state index contributed by atoms with van der Waals surface area (Å²) in [5.41, 5.74) is 5.26. The first-order chi connectivity index (χ1) is 8.81. The monoisotopic (exact) mass is 352 g/mol. The van der Waals surface area contributed by atoms with E-state index < -0.39 is 0 Å². The van der Waals surface area contributed by atoms with Crippen LogP contribution in [-0.4, -0.2) is 11.5 Å². The van der Waals surface area contributed by atoms with Crippen LogP contribution in [-0.2, 0) is 12.8 Å². The number of pyridine rings is 1. The third-order valence-corrected chi connectivity index (χ3v) is 4.47. The summed E-state index contributed by atoms with van der Waals surface area (Å²) < 4.78 is 1.25. The second-order valence-corrected chi connectivity index (χ2v) is 5.95. The minimum absolute atomic E-state index is 0.969. The molecular formula is C15H17IN2. The molecule has 0 radical (unpaired) electrons. The van der Waals surface area contributed by atoms with Gasteiger partial charge in [0.2, 0.25) is 0 Å². The number of nitrogens with one attached hydrogen (secondary N) is 1. The number of para-hydroxylation sites is 1. The van der Waals surface area contributed by atoms with Crippen molar-refractivity contribution in [3.8, 4) is 0 Å². The Kier molecular flexibility index (Phi) is 3.41. The maximum Gasteiger partial charge on any atom is 0.0859 e. The van der Waals surface area contributed by atoms with Crippen LogP contribution >= 0.6 is 22.6 Å². The summed E-state index contributed by atoms with van der Waals surface area (Å²) in [7, 11) is 0. The quantitative estimate of drug-likeness (QED) is 0.822. The molecule has 0 fully saturated rings. The summed E-state index contributed by atoms with van der Waals surface area (Å²) in [6.07, 6.45) is 4.88. The number of fused-ring (bicyclic) bond motifs is 2. The van der Waals surface area contributed by atoms with Crippen LogP contribution < -0.4 is 5.32 Å². The minimum atomic E-state index is 0.969. The third-order valence-electron chi connectivity index (χ3n) is 3.60. The number of halogens is 1. The van der Waals surface area contributed by atoms with Crippen LogP contribution in [0.5, 0.6) is 0 Å². The number of nitrogens with zero attached hydrogens (tertiary/aromatic N) is 1. The maximum absolute atomic E-state index is 4.91. The van der Waals surface area contributed by atoms with E-state index in [0.29, 0.717) is 0 Å². The summed E-state index contributed by atoms with van der Waals surface area (Å²) in [6, 6.07) is 6.46. The Morgan fingerprint density at radius 2 is 2.11 bits per heavy atom. The van der Waals surface area contributed by atoms with Gasteiger partial charge in [0.05, 0.1) is 5.52 Å². The van der Waals surface area contributed by atoms with Gasteiger partial charge in [0, 0.05) is 26.9 Å². The first-order valence-corrected chi connectivity index (χ1v) is 7.73. The van der Waals surface area contributed by atoms with Gasteiger partial charge in [-0.3, -0.25) is 4.98 Å². The molecule has 3 rings (SSSR count). The number of benzene rings is 1. The van der Waals surface area contributed by atoms with E-state index in [0.717, 1.165) is 18.5 Å². The lowest BCUT2D eigenvalue weighted by Crippen LogP contribution is -2.11. The molecular weight excluding hydrogens is 335 g/mol. The predicted molar refractivity (Wildman–Crippen MR) is 85.3 cm³/mol. The average molecular weight is 352 g/mol. The predicted octanol–water partition coefficient (Wildman–Crippen LogP) is 4.15. The number of rotatable bonds is 2. The van der Waals surface area contributed by atoms with E-state index in [1.807, 2.05) is 0 Å². The lowest BCUT2D eigenvalue weighted by atomic mass is 9.92. The normalized spacial score (nSPS) is 14.6. The van der Waals surface area contributed by atoms with E-state index >= 15 is 0 Å². The topological polar surface area (TPSA) is 24.9 Å². The Labute approximate surface area is 121 Å². The highest BCUT2D eigenvalue weighted by Gasteiger charge is 2.18. The van der Waals surface area contributed by atoms with Crippen molar-refractivity contribution >= 4 is 39.2 Å². The first-order valence-electron chi connectivity index (χ1n) is 6.65. The van der Waals surface area contributed by atoms with Crippen molar-refractivity contribution in [1.82, 2.24) is 4.98 Å². The highest BCUT2D eigenvalue weighted by atomic mass is 127. The number of aryl methyl sites for hydroxylation is 1. The molecule has 0 unspecified atom stereocenters. The molecule has 3 heteroatoms. The molecule has 0 aliphatic heterocycles. The molecule has 1 aromatic heterocycles. The summed E-state index contributed by atoms with van der Waals surface area (Å²) in [6.45, 7) is 3.13. The van der Waals surface area contributed by atoms with Crippen molar-refractivity contribution in [3.05, 3.63) is 33.0 Å².